The summed E-state index contributed by atoms with van der Waals surface area (Å²) in [6.45, 7) is 13.1. The minimum atomic E-state index is 0.518. The SMILES string of the molecule is CCN1CCN(CCOCCOCCOCCNC=O)CC1. The van der Waals surface area contributed by atoms with E-state index >= 15 is 0 Å². The van der Waals surface area contributed by atoms with Gasteiger partial charge in [-0.3, -0.25) is 9.69 Å². The third-order valence-corrected chi connectivity index (χ3v) is 3.68. The number of nitrogens with zero attached hydrogens (tertiary/aromatic N) is 2. The molecule has 0 aromatic heterocycles. The van der Waals surface area contributed by atoms with Crippen LogP contribution < -0.4 is 5.32 Å². The number of carbonyl (C=O) groups excluding carboxylic acids is 1. The molecule has 1 aliphatic rings. The van der Waals surface area contributed by atoms with Crippen molar-refractivity contribution in [2.75, 3.05) is 85.5 Å². The van der Waals surface area contributed by atoms with Crippen molar-refractivity contribution in [1.82, 2.24) is 15.1 Å². The van der Waals surface area contributed by atoms with Crippen LogP contribution in [0.25, 0.3) is 0 Å². The van der Waals surface area contributed by atoms with Gasteiger partial charge in [0.2, 0.25) is 6.41 Å². The first-order valence-corrected chi connectivity index (χ1v) is 8.21. The highest BCUT2D eigenvalue weighted by atomic mass is 16.5. The number of piperazine rings is 1. The third kappa shape index (κ3) is 10.1. The normalized spacial score (nSPS) is 16.8. The van der Waals surface area contributed by atoms with Crippen molar-refractivity contribution in [2.24, 2.45) is 0 Å². The Morgan fingerprint density at radius 1 is 0.864 bits per heavy atom. The summed E-state index contributed by atoms with van der Waals surface area (Å²) in [5.41, 5.74) is 0. The number of ether oxygens (including phenoxy) is 3. The minimum absolute atomic E-state index is 0.518. The first-order valence-electron chi connectivity index (χ1n) is 8.21. The van der Waals surface area contributed by atoms with Crippen LogP contribution in [0.3, 0.4) is 0 Å². The molecule has 0 spiro atoms. The number of hydrogen-bond acceptors (Lipinski definition) is 6. The molecular weight excluding hydrogens is 286 g/mol. The molecule has 22 heavy (non-hydrogen) atoms. The van der Waals surface area contributed by atoms with Gasteiger partial charge < -0.3 is 24.4 Å². The van der Waals surface area contributed by atoms with E-state index in [1.165, 1.54) is 13.1 Å². The third-order valence-electron chi connectivity index (χ3n) is 3.68. The van der Waals surface area contributed by atoms with Crippen LogP contribution in [0.4, 0.5) is 0 Å². The van der Waals surface area contributed by atoms with Crippen LogP contribution in [0, 0.1) is 0 Å². The number of likely N-dealkylation sites (N-methyl/N-ethyl adjacent to an activating group) is 1. The molecule has 0 unspecified atom stereocenters. The Balaban J connectivity index is 1.76. The van der Waals surface area contributed by atoms with Gasteiger partial charge in [0.15, 0.2) is 0 Å². The molecule has 0 saturated carbocycles. The number of hydrogen-bond donors (Lipinski definition) is 1. The molecule has 0 atom stereocenters. The molecule has 0 aromatic carbocycles. The van der Waals surface area contributed by atoms with Crippen LogP contribution in [-0.4, -0.2) is 102 Å². The molecule has 1 heterocycles. The second-order valence-electron chi connectivity index (χ2n) is 5.18. The molecule has 1 rings (SSSR count). The van der Waals surface area contributed by atoms with E-state index in [-0.39, 0.29) is 0 Å². The second kappa shape index (κ2) is 13.9. The van der Waals surface area contributed by atoms with Gasteiger partial charge in [0.1, 0.15) is 0 Å². The molecule has 0 aliphatic carbocycles. The van der Waals surface area contributed by atoms with Crippen molar-refractivity contribution in [3.05, 3.63) is 0 Å². The zero-order valence-electron chi connectivity index (χ0n) is 13.8. The summed E-state index contributed by atoms with van der Waals surface area (Å²) < 4.78 is 16.2. The summed E-state index contributed by atoms with van der Waals surface area (Å²) in [5.74, 6) is 0. The standard InChI is InChI=1S/C15H31N3O4/c1-2-17-4-6-18(7-5-17)8-10-21-12-14-22-13-11-20-9-3-16-15-19/h15H,2-14H2,1H3,(H,16,19). The van der Waals surface area contributed by atoms with Crippen molar-refractivity contribution < 1.29 is 19.0 Å². The zero-order chi connectivity index (χ0) is 15.9. The smallest absolute Gasteiger partial charge is 0.207 e. The summed E-state index contributed by atoms with van der Waals surface area (Å²) in [7, 11) is 0. The van der Waals surface area contributed by atoms with Gasteiger partial charge in [0, 0.05) is 39.3 Å². The van der Waals surface area contributed by atoms with Crippen LogP contribution >= 0.6 is 0 Å². The molecule has 7 heteroatoms. The summed E-state index contributed by atoms with van der Waals surface area (Å²) in [5, 5.41) is 2.53. The number of rotatable bonds is 14. The van der Waals surface area contributed by atoms with Crippen molar-refractivity contribution in [2.45, 2.75) is 6.92 Å². The Morgan fingerprint density at radius 2 is 1.41 bits per heavy atom. The molecule has 130 valence electrons. The maximum absolute atomic E-state index is 9.98. The van der Waals surface area contributed by atoms with Crippen molar-refractivity contribution in [3.63, 3.8) is 0 Å². The largest absolute Gasteiger partial charge is 0.378 e. The van der Waals surface area contributed by atoms with Crippen LogP contribution in [0.1, 0.15) is 6.92 Å². The molecular formula is C15H31N3O4. The van der Waals surface area contributed by atoms with Crippen LogP contribution in [-0.2, 0) is 19.0 Å². The Kier molecular flexibility index (Phi) is 12.2. The van der Waals surface area contributed by atoms with Gasteiger partial charge in [0.05, 0.1) is 39.6 Å². The first-order chi connectivity index (χ1) is 10.9. The summed E-state index contributed by atoms with van der Waals surface area (Å²) in [6, 6.07) is 0. The summed E-state index contributed by atoms with van der Waals surface area (Å²) in [6.07, 6.45) is 0.668. The summed E-state index contributed by atoms with van der Waals surface area (Å²) >= 11 is 0. The minimum Gasteiger partial charge on any atom is -0.378 e. The number of amides is 1. The maximum Gasteiger partial charge on any atom is 0.207 e. The lowest BCUT2D eigenvalue weighted by Gasteiger charge is -2.33. The Labute approximate surface area is 133 Å². The molecule has 7 nitrogen and oxygen atoms in total. The average molecular weight is 317 g/mol. The Bertz CT molecular complexity index is 261. The molecule has 1 fully saturated rings. The average Bonchev–Trinajstić information content (AvgIpc) is 2.56. The maximum atomic E-state index is 9.98. The van der Waals surface area contributed by atoms with E-state index < -0.39 is 0 Å². The van der Waals surface area contributed by atoms with E-state index in [4.69, 9.17) is 14.2 Å². The quantitative estimate of drug-likeness (QED) is 0.342. The fourth-order valence-corrected chi connectivity index (χ4v) is 2.25. The molecule has 1 aliphatic heterocycles. The predicted molar refractivity (Wildman–Crippen MR) is 85.1 cm³/mol. The molecule has 1 saturated heterocycles. The number of carbonyl (C=O) groups is 1. The first kappa shape index (κ1) is 19.3. The molecule has 1 amide bonds. The van der Waals surface area contributed by atoms with Gasteiger partial charge in [-0.25, -0.2) is 0 Å². The highest BCUT2D eigenvalue weighted by Crippen LogP contribution is 2.00. The van der Waals surface area contributed by atoms with Gasteiger partial charge >= 0.3 is 0 Å². The summed E-state index contributed by atoms with van der Waals surface area (Å²) in [4.78, 5) is 14.9. The molecule has 0 aromatic rings. The highest BCUT2D eigenvalue weighted by molar-refractivity contribution is 5.45. The lowest BCUT2D eigenvalue weighted by atomic mass is 10.3. The Hall–Kier alpha value is -0.730. The molecule has 0 bridgehead atoms. The van der Waals surface area contributed by atoms with Gasteiger partial charge in [-0.05, 0) is 6.54 Å². The second-order valence-corrected chi connectivity index (χ2v) is 5.18. The van der Waals surface area contributed by atoms with Crippen LogP contribution in [0.2, 0.25) is 0 Å². The fraction of sp³-hybridized carbons (Fsp3) is 0.933. The van der Waals surface area contributed by atoms with Crippen molar-refractivity contribution >= 4 is 6.41 Å². The highest BCUT2D eigenvalue weighted by Gasteiger charge is 2.14. The van der Waals surface area contributed by atoms with Crippen molar-refractivity contribution in [1.29, 1.82) is 0 Å². The lowest BCUT2D eigenvalue weighted by molar-refractivity contribution is -0.109. The van der Waals surface area contributed by atoms with E-state index in [0.29, 0.717) is 46.0 Å². The molecule has 1 N–H and O–H groups in total. The van der Waals surface area contributed by atoms with Crippen LogP contribution in [0.5, 0.6) is 0 Å². The monoisotopic (exact) mass is 317 g/mol. The van der Waals surface area contributed by atoms with E-state index in [0.717, 1.165) is 32.8 Å². The van der Waals surface area contributed by atoms with Gasteiger partial charge in [-0.2, -0.15) is 0 Å². The fourth-order valence-electron chi connectivity index (χ4n) is 2.25. The van der Waals surface area contributed by atoms with E-state index in [2.05, 4.69) is 22.0 Å². The van der Waals surface area contributed by atoms with Crippen molar-refractivity contribution in [3.8, 4) is 0 Å². The topological polar surface area (TPSA) is 63.3 Å². The van der Waals surface area contributed by atoms with Gasteiger partial charge in [-0.15, -0.1) is 0 Å². The van der Waals surface area contributed by atoms with Crippen LogP contribution in [0.15, 0.2) is 0 Å². The Morgan fingerprint density at radius 3 is 2.00 bits per heavy atom. The number of nitrogens with one attached hydrogen (secondary N) is 1. The van der Waals surface area contributed by atoms with Gasteiger partial charge in [0.25, 0.3) is 0 Å². The predicted octanol–water partition coefficient (Wildman–Crippen LogP) is -0.580. The van der Waals surface area contributed by atoms with Gasteiger partial charge in [-0.1, -0.05) is 6.92 Å². The zero-order valence-corrected chi connectivity index (χ0v) is 13.8. The van der Waals surface area contributed by atoms with E-state index in [1.54, 1.807) is 0 Å². The molecule has 0 radical (unpaired) electrons. The van der Waals surface area contributed by atoms with E-state index in [1.807, 2.05) is 0 Å². The van der Waals surface area contributed by atoms with E-state index in [9.17, 15) is 4.79 Å². The lowest BCUT2D eigenvalue weighted by Crippen LogP contribution is -2.47.